The van der Waals surface area contributed by atoms with Gasteiger partial charge in [-0.3, -0.25) is 4.79 Å². The first-order valence-corrected chi connectivity index (χ1v) is 6.32. The molecule has 0 atom stereocenters. The van der Waals surface area contributed by atoms with Gasteiger partial charge in [-0.05, 0) is 30.7 Å². The lowest BCUT2D eigenvalue weighted by Gasteiger charge is -2.07. The van der Waals surface area contributed by atoms with Crippen LogP contribution in [0.15, 0.2) is 29.2 Å². The molecule has 0 saturated heterocycles. The van der Waals surface area contributed by atoms with Gasteiger partial charge in [0.25, 0.3) is 5.91 Å². The van der Waals surface area contributed by atoms with Gasteiger partial charge in [-0.15, -0.1) is 11.8 Å². The number of thioether (sulfide) groups is 1. The van der Waals surface area contributed by atoms with Crippen LogP contribution in [0.2, 0.25) is 0 Å². The van der Waals surface area contributed by atoms with Crippen molar-refractivity contribution in [1.82, 2.24) is 5.32 Å². The van der Waals surface area contributed by atoms with Crippen LogP contribution in [0.1, 0.15) is 30.1 Å². The summed E-state index contributed by atoms with van der Waals surface area (Å²) < 4.78 is 0. The van der Waals surface area contributed by atoms with Crippen LogP contribution in [-0.2, 0) is 0 Å². The van der Waals surface area contributed by atoms with E-state index in [-0.39, 0.29) is 5.91 Å². The average molecular weight is 221 g/mol. The van der Waals surface area contributed by atoms with E-state index < -0.39 is 0 Å². The van der Waals surface area contributed by atoms with E-state index >= 15 is 0 Å². The third-order valence-electron chi connectivity index (χ3n) is 2.34. The van der Waals surface area contributed by atoms with E-state index in [1.807, 2.05) is 24.3 Å². The van der Waals surface area contributed by atoms with Crippen LogP contribution in [0, 0.1) is 0 Å². The number of benzene rings is 1. The SMILES string of the molecule is CCSc1ccccc1C(=O)NC1CC1. The molecule has 2 nitrogen and oxygen atoms in total. The number of rotatable bonds is 4. The van der Waals surface area contributed by atoms with E-state index in [0.29, 0.717) is 6.04 Å². The van der Waals surface area contributed by atoms with Crippen molar-refractivity contribution in [2.24, 2.45) is 0 Å². The van der Waals surface area contributed by atoms with Gasteiger partial charge >= 0.3 is 0 Å². The van der Waals surface area contributed by atoms with Crippen molar-refractivity contribution in [3.63, 3.8) is 0 Å². The number of carbonyl (C=O) groups is 1. The Morgan fingerprint density at radius 3 is 2.87 bits per heavy atom. The minimum atomic E-state index is 0.0778. The highest BCUT2D eigenvalue weighted by Crippen LogP contribution is 2.24. The first kappa shape index (κ1) is 10.6. The molecule has 1 aliphatic rings. The maximum Gasteiger partial charge on any atom is 0.252 e. The summed E-state index contributed by atoms with van der Waals surface area (Å²) in [5.74, 6) is 1.07. The first-order chi connectivity index (χ1) is 7.31. The third-order valence-corrected chi connectivity index (χ3v) is 3.30. The van der Waals surface area contributed by atoms with Crippen molar-refractivity contribution in [3.05, 3.63) is 29.8 Å². The summed E-state index contributed by atoms with van der Waals surface area (Å²) in [6.45, 7) is 2.10. The molecule has 1 aromatic rings. The third kappa shape index (κ3) is 2.75. The average Bonchev–Trinajstić information content (AvgIpc) is 3.03. The van der Waals surface area contributed by atoms with E-state index in [1.54, 1.807) is 11.8 Å². The zero-order valence-electron chi connectivity index (χ0n) is 8.82. The number of nitrogens with one attached hydrogen (secondary N) is 1. The van der Waals surface area contributed by atoms with Crippen LogP contribution >= 0.6 is 11.8 Å². The molecule has 0 spiro atoms. The van der Waals surface area contributed by atoms with Crippen molar-refractivity contribution in [3.8, 4) is 0 Å². The predicted molar refractivity (Wildman–Crippen MR) is 63.3 cm³/mol. The molecule has 0 aromatic heterocycles. The van der Waals surface area contributed by atoms with Gasteiger partial charge in [0.05, 0.1) is 5.56 Å². The number of amides is 1. The molecule has 15 heavy (non-hydrogen) atoms. The number of hydrogen-bond acceptors (Lipinski definition) is 2. The lowest BCUT2D eigenvalue weighted by molar-refractivity contribution is 0.0948. The molecule has 0 bridgehead atoms. The molecule has 1 saturated carbocycles. The summed E-state index contributed by atoms with van der Waals surface area (Å²) in [4.78, 5) is 12.9. The molecular weight excluding hydrogens is 206 g/mol. The molecule has 3 heteroatoms. The van der Waals surface area contributed by atoms with Crippen LogP contribution in [-0.4, -0.2) is 17.7 Å². The van der Waals surface area contributed by atoms with Crippen LogP contribution in [0.3, 0.4) is 0 Å². The molecular formula is C12H15NOS. The molecule has 1 amide bonds. The Hall–Kier alpha value is -0.960. The molecule has 1 aromatic carbocycles. The van der Waals surface area contributed by atoms with Gasteiger partial charge in [-0.25, -0.2) is 0 Å². The maximum absolute atomic E-state index is 11.9. The lowest BCUT2D eigenvalue weighted by atomic mass is 10.2. The standard InChI is InChI=1S/C12H15NOS/c1-2-15-11-6-4-3-5-10(11)12(14)13-9-7-8-9/h3-6,9H,2,7-8H2,1H3,(H,13,14). The van der Waals surface area contributed by atoms with Gasteiger partial charge in [0.2, 0.25) is 0 Å². The quantitative estimate of drug-likeness (QED) is 0.792. The fourth-order valence-corrected chi connectivity index (χ4v) is 2.23. The van der Waals surface area contributed by atoms with Crippen molar-refractivity contribution in [2.45, 2.75) is 30.7 Å². The Morgan fingerprint density at radius 2 is 2.20 bits per heavy atom. The highest BCUT2D eigenvalue weighted by molar-refractivity contribution is 7.99. The van der Waals surface area contributed by atoms with Crippen LogP contribution in [0.5, 0.6) is 0 Å². The molecule has 0 unspecified atom stereocenters. The zero-order valence-corrected chi connectivity index (χ0v) is 9.64. The minimum absolute atomic E-state index is 0.0778. The fraction of sp³-hybridized carbons (Fsp3) is 0.417. The normalized spacial score (nSPS) is 15.0. The molecule has 80 valence electrons. The monoisotopic (exact) mass is 221 g/mol. The van der Waals surface area contributed by atoms with E-state index in [0.717, 1.165) is 29.1 Å². The molecule has 2 rings (SSSR count). The van der Waals surface area contributed by atoms with E-state index in [1.165, 1.54) is 0 Å². The summed E-state index contributed by atoms with van der Waals surface area (Å²) >= 11 is 1.72. The lowest BCUT2D eigenvalue weighted by Crippen LogP contribution is -2.25. The van der Waals surface area contributed by atoms with Crippen molar-refractivity contribution in [1.29, 1.82) is 0 Å². The molecule has 0 radical (unpaired) electrons. The van der Waals surface area contributed by atoms with Crippen molar-refractivity contribution < 1.29 is 4.79 Å². The van der Waals surface area contributed by atoms with Crippen molar-refractivity contribution in [2.75, 3.05) is 5.75 Å². The summed E-state index contributed by atoms with van der Waals surface area (Å²) in [5.41, 5.74) is 0.816. The Balaban J connectivity index is 2.13. The second kappa shape index (κ2) is 4.71. The highest BCUT2D eigenvalue weighted by Gasteiger charge is 2.24. The summed E-state index contributed by atoms with van der Waals surface area (Å²) in [6.07, 6.45) is 2.27. The molecule has 0 heterocycles. The Morgan fingerprint density at radius 1 is 1.47 bits per heavy atom. The van der Waals surface area contributed by atoms with Gasteiger partial charge < -0.3 is 5.32 Å². The van der Waals surface area contributed by atoms with Gasteiger partial charge in [-0.2, -0.15) is 0 Å². The fourth-order valence-electron chi connectivity index (χ4n) is 1.43. The highest BCUT2D eigenvalue weighted by atomic mass is 32.2. The maximum atomic E-state index is 11.9. The van der Waals surface area contributed by atoms with Crippen LogP contribution in [0.25, 0.3) is 0 Å². The second-order valence-electron chi connectivity index (χ2n) is 3.68. The molecule has 1 N–H and O–H groups in total. The van der Waals surface area contributed by atoms with Gasteiger partial charge in [-0.1, -0.05) is 19.1 Å². The van der Waals surface area contributed by atoms with Gasteiger partial charge in [0.15, 0.2) is 0 Å². The Labute approximate surface area is 94.4 Å². The number of carbonyl (C=O) groups excluding carboxylic acids is 1. The largest absolute Gasteiger partial charge is 0.349 e. The van der Waals surface area contributed by atoms with Gasteiger partial charge in [0.1, 0.15) is 0 Å². The first-order valence-electron chi connectivity index (χ1n) is 5.34. The molecule has 0 aliphatic heterocycles. The topological polar surface area (TPSA) is 29.1 Å². The van der Waals surface area contributed by atoms with Crippen molar-refractivity contribution >= 4 is 17.7 Å². The summed E-state index contributed by atoms with van der Waals surface area (Å²) in [5, 5.41) is 3.02. The molecule has 1 aliphatic carbocycles. The Kier molecular flexibility index (Phi) is 3.31. The van der Waals surface area contributed by atoms with E-state index in [2.05, 4.69) is 12.2 Å². The smallest absolute Gasteiger partial charge is 0.252 e. The second-order valence-corrected chi connectivity index (χ2v) is 4.98. The minimum Gasteiger partial charge on any atom is -0.349 e. The van der Waals surface area contributed by atoms with E-state index in [9.17, 15) is 4.79 Å². The zero-order chi connectivity index (χ0) is 10.7. The molecule has 1 fully saturated rings. The van der Waals surface area contributed by atoms with Gasteiger partial charge in [0, 0.05) is 10.9 Å². The summed E-state index contributed by atoms with van der Waals surface area (Å²) in [6, 6.07) is 8.23. The Bertz CT molecular complexity index is 360. The van der Waals surface area contributed by atoms with Crippen LogP contribution in [0.4, 0.5) is 0 Å². The predicted octanol–water partition coefficient (Wildman–Crippen LogP) is 2.69. The number of hydrogen-bond donors (Lipinski definition) is 1. The summed E-state index contributed by atoms with van der Waals surface area (Å²) in [7, 11) is 0. The van der Waals surface area contributed by atoms with Crippen LogP contribution < -0.4 is 5.32 Å². The van der Waals surface area contributed by atoms with E-state index in [4.69, 9.17) is 0 Å².